The maximum Gasteiger partial charge on any atom is 0.410 e. The van der Waals surface area contributed by atoms with E-state index in [1.165, 1.54) is 0 Å². The van der Waals surface area contributed by atoms with Gasteiger partial charge in [-0.3, -0.25) is 4.98 Å². The lowest BCUT2D eigenvalue weighted by molar-refractivity contribution is 0.00748. The van der Waals surface area contributed by atoms with E-state index in [4.69, 9.17) is 9.47 Å². The number of aromatic nitrogens is 1. The molecule has 2 heterocycles. The summed E-state index contributed by atoms with van der Waals surface area (Å²) in [5, 5.41) is 0. The van der Waals surface area contributed by atoms with E-state index in [1.807, 2.05) is 45.2 Å². The lowest BCUT2D eigenvalue weighted by Gasteiger charge is -2.26. The third-order valence-corrected chi connectivity index (χ3v) is 4.11. The molecule has 1 aliphatic heterocycles. The number of likely N-dealkylation sites (N-methyl/N-ethyl adjacent to an activating group) is 1. The standard InChI is InChI=1S/C20H24N2O3/c1-20(2,3)25-19(23)22(4)12-18-16-9-5-8-15(17(16)13-24-18)14-7-6-10-21-11-14/h5-11,18H,12-13H2,1-4H3/t18-/m0/s1. The van der Waals surface area contributed by atoms with E-state index in [9.17, 15) is 4.79 Å². The summed E-state index contributed by atoms with van der Waals surface area (Å²) in [4.78, 5) is 18.0. The van der Waals surface area contributed by atoms with Crippen molar-refractivity contribution in [2.75, 3.05) is 13.6 Å². The van der Waals surface area contributed by atoms with Gasteiger partial charge in [0.25, 0.3) is 0 Å². The van der Waals surface area contributed by atoms with Crippen molar-refractivity contribution in [1.82, 2.24) is 9.88 Å². The van der Waals surface area contributed by atoms with E-state index < -0.39 is 5.60 Å². The Labute approximate surface area is 148 Å². The third kappa shape index (κ3) is 3.99. The SMILES string of the molecule is CN(C[C@@H]1OCc2c(-c3cccnc3)cccc21)C(=O)OC(C)(C)C. The van der Waals surface area contributed by atoms with Crippen LogP contribution in [0.1, 0.15) is 38.0 Å². The number of ether oxygens (including phenoxy) is 2. The van der Waals surface area contributed by atoms with Gasteiger partial charge < -0.3 is 14.4 Å². The van der Waals surface area contributed by atoms with Gasteiger partial charge in [0.2, 0.25) is 0 Å². The molecule has 0 radical (unpaired) electrons. The molecular weight excluding hydrogens is 316 g/mol. The Hall–Kier alpha value is -2.40. The van der Waals surface area contributed by atoms with Crippen LogP contribution in [0.4, 0.5) is 4.79 Å². The zero-order chi connectivity index (χ0) is 18.0. The van der Waals surface area contributed by atoms with E-state index >= 15 is 0 Å². The highest BCUT2D eigenvalue weighted by molar-refractivity contribution is 5.69. The summed E-state index contributed by atoms with van der Waals surface area (Å²) in [5.41, 5.74) is 3.99. The average molecular weight is 340 g/mol. The van der Waals surface area contributed by atoms with Crippen LogP contribution in [0.2, 0.25) is 0 Å². The van der Waals surface area contributed by atoms with Gasteiger partial charge in [0.1, 0.15) is 11.7 Å². The fraction of sp³-hybridized carbons (Fsp3) is 0.400. The number of nitrogens with zero attached hydrogens (tertiary/aromatic N) is 2. The summed E-state index contributed by atoms with van der Waals surface area (Å²) in [6, 6.07) is 10.1. The summed E-state index contributed by atoms with van der Waals surface area (Å²) in [7, 11) is 1.74. The third-order valence-electron chi connectivity index (χ3n) is 4.11. The van der Waals surface area contributed by atoms with E-state index in [1.54, 1.807) is 18.1 Å². The predicted octanol–water partition coefficient (Wildman–Crippen LogP) is 4.19. The number of hydrogen-bond acceptors (Lipinski definition) is 4. The van der Waals surface area contributed by atoms with E-state index in [2.05, 4.69) is 17.1 Å². The van der Waals surface area contributed by atoms with E-state index in [0.717, 1.165) is 22.3 Å². The van der Waals surface area contributed by atoms with Gasteiger partial charge in [0, 0.05) is 25.0 Å². The maximum absolute atomic E-state index is 12.2. The second-order valence-electron chi connectivity index (χ2n) is 7.28. The number of fused-ring (bicyclic) bond motifs is 1. The molecule has 1 atom stereocenters. The molecule has 0 saturated heterocycles. The van der Waals surface area contributed by atoms with Crippen LogP contribution < -0.4 is 0 Å². The zero-order valence-corrected chi connectivity index (χ0v) is 15.2. The van der Waals surface area contributed by atoms with Crippen molar-refractivity contribution in [2.24, 2.45) is 0 Å². The number of benzene rings is 1. The monoisotopic (exact) mass is 340 g/mol. The largest absolute Gasteiger partial charge is 0.444 e. The van der Waals surface area contributed by atoms with Crippen molar-refractivity contribution >= 4 is 6.09 Å². The van der Waals surface area contributed by atoms with Gasteiger partial charge in [-0.2, -0.15) is 0 Å². The fourth-order valence-corrected chi connectivity index (χ4v) is 2.95. The highest BCUT2D eigenvalue weighted by Gasteiger charge is 2.29. The lowest BCUT2D eigenvalue weighted by Crippen LogP contribution is -2.36. The number of carbonyl (C=O) groups excluding carboxylic acids is 1. The lowest BCUT2D eigenvalue weighted by atomic mass is 9.96. The van der Waals surface area contributed by atoms with Crippen molar-refractivity contribution < 1.29 is 14.3 Å². The van der Waals surface area contributed by atoms with Gasteiger partial charge in [-0.15, -0.1) is 0 Å². The quantitative estimate of drug-likeness (QED) is 0.841. The first kappa shape index (κ1) is 17.4. The van der Waals surface area contributed by atoms with Crippen molar-refractivity contribution in [3.05, 3.63) is 53.9 Å². The van der Waals surface area contributed by atoms with Crippen molar-refractivity contribution in [3.63, 3.8) is 0 Å². The summed E-state index contributed by atoms with van der Waals surface area (Å²) in [6.45, 7) is 6.58. The molecule has 1 aromatic heterocycles. The number of rotatable bonds is 3. The van der Waals surface area contributed by atoms with Crippen molar-refractivity contribution in [3.8, 4) is 11.1 Å². The van der Waals surface area contributed by atoms with Gasteiger partial charge in [-0.1, -0.05) is 24.3 Å². The topological polar surface area (TPSA) is 51.7 Å². The second kappa shape index (κ2) is 6.84. The van der Waals surface area contributed by atoms with Crippen molar-refractivity contribution in [2.45, 2.75) is 39.1 Å². The Bertz CT molecular complexity index is 753. The molecule has 1 amide bonds. The van der Waals surface area contributed by atoms with E-state index in [0.29, 0.717) is 13.2 Å². The first-order valence-electron chi connectivity index (χ1n) is 8.43. The van der Waals surface area contributed by atoms with E-state index in [-0.39, 0.29) is 12.2 Å². The Morgan fingerprint density at radius 2 is 2.12 bits per heavy atom. The first-order chi connectivity index (χ1) is 11.8. The van der Waals surface area contributed by atoms with Crippen LogP contribution in [0.25, 0.3) is 11.1 Å². The number of carbonyl (C=O) groups is 1. The Morgan fingerprint density at radius 1 is 1.32 bits per heavy atom. The molecule has 1 aromatic carbocycles. The molecule has 2 aromatic rings. The molecule has 132 valence electrons. The summed E-state index contributed by atoms with van der Waals surface area (Å²) < 4.78 is 11.4. The maximum atomic E-state index is 12.2. The number of amides is 1. The van der Waals surface area contributed by atoms with Crippen LogP contribution in [0, 0.1) is 0 Å². The molecule has 0 unspecified atom stereocenters. The zero-order valence-electron chi connectivity index (χ0n) is 15.2. The molecule has 0 N–H and O–H groups in total. The normalized spacial score (nSPS) is 16.4. The van der Waals surface area contributed by atoms with Gasteiger partial charge in [-0.05, 0) is 43.5 Å². The molecule has 0 bridgehead atoms. The Kier molecular flexibility index (Phi) is 4.77. The van der Waals surface area contributed by atoms with Crippen LogP contribution >= 0.6 is 0 Å². The fourth-order valence-electron chi connectivity index (χ4n) is 2.95. The van der Waals surface area contributed by atoms with Crippen LogP contribution in [0.5, 0.6) is 0 Å². The number of pyridine rings is 1. The van der Waals surface area contributed by atoms with Gasteiger partial charge in [0.05, 0.1) is 13.2 Å². The highest BCUT2D eigenvalue weighted by atomic mass is 16.6. The minimum atomic E-state index is -0.507. The minimum absolute atomic E-state index is 0.149. The molecule has 0 saturated carbocycles. The molecule has 5 nitrogen and oxygen atoms in total. The molecule has 1 aliphatic rings. The Morgan fingerprint density at radius 3 is 2.80 bits per heavy atom. The average Bonchev–Trinajstić information content (AvgIpc) is 2.97. The highest BCUT2D eigenvalue weighted by Crippen LogP contribution is 2.37. The summed E-state index contributed by atoms with van der Waals surface area (Å²) in [6.07, 6.45) is 3.13. The van der Waals surface area contributed by atoms with Crippen LogP contribution in [-0.2, 0) is 16.1 Å². The minimum Gasteiger partial charge on any atom is -0.444 e. The molecule has 5 heteroatoms. The van der Waals surface area contributed by atoms with Gasteiger partial charge in [0.15, 0.2) is 0 Å². The molecule has 0 aliphatic carbocycles. The first-order valence-corrected chi connectivity index (χ1v) is 8.43. The number of hydrogen-bond donors (Lipinski definition) is 0. The predicted molar refractivity (Wildman–Crippen MR) is 96.1 cm³/mol. The molecule has 0 spiro atoms. The van der Waals surface area contributed by atoms with Crippen LogP contribution in [0.15, 0.2) is 42.7 Å². The second-order valence-corrected chi connectivity index (χ2v) is 7.28. The summed E-state index contributed by atoms with van der Waals surface area (Å²) >= 11 is 0. The van der Waals surface area contributed by atoms with Crippen LogP contribution in [0.3, 0.4) is 0 Å². The smallest absolute Gasteiger partial charge is 0.410 e. The van der Waals surface area contributed by atoms with Crippen LogP contribution in [-0.4, -0.2) is 35.2 Å². The molecule has 25 heavy (non-hydrogen) atoms. The molecular formula is C20H24N2O3. The van der Waals surface area contributed by atoms with Gasteiger partial charge in [-0.25, -0.2) is 4.79 Å². The Balaban J connectivity index is 1.78. The van der Waals surface area contributed by atoms with Gasteiger partial charge >= 0.3 is 6.09 Å². The molecule has 3 rings (SSSR count). The molecule has 0 fully saturated rings. The van der Waals surface area contributed by atoms with Crippen molar-refractivity contribution in [1.29, 1.82) is 0 Å². The summed E-state index contributed by atoms with van der Waals surface area (Å²) in [5.74, 6) is 0.